The average Bonchev–Trinajstić information content (AvgIpc) is 3.05. The number of benzene rings is 1. The number of rotatable bonds is 5. The van der Waals surface area contributed by atoms with Gasteiger partial charge in [0.05, 0.1) is 0 Å². The first-order valence-corrected chi connectivity index (χ1v) is 7.49. The van der Waals surface area contributed by atoms with E-state index in [0.29, 0.717) is 0 Å². The summed E-state index contributed by atoms with van der Waals surface area (Å²) in [5.74, 6) is 0. The quantitative estimate of drug-likeness (QED) is 0.892. The molecule has 0 spiro atoms. The van der Waals surface area contributed by atoms with Crippen LogP contribution in [-0.4, -0.2) is 11.0 Å². The number of hydrogen-bond donors (Lipinski definition) is 1. The fraction of sp³-hybridized carbons (Fsp3) is 0.308. The van der Waals surface area contributed by atoms with Crippen molar-refractivity contribution in [3.8, 4) is 0 Å². The highest BCUT2D eigenvalue weighted by Gasteiger charge is 2.19. The fourth-order valence-corrected chi connectivity index (χ4v) is 3.18. The molecule has 1 fully saturated rings. The molecule has 0 atom stereocenters. The van der Waals surface area contributed by atoms with Gasteiger partial charge in [0.2, 0.25) is 0 Å². The molecule has 1 aromatic carbocycles. The smallest absolute Gasteiger partial charge is 0.154 e. The van der Waals surface area contributed by atoms with E-state index in [-0.39, 0.29) is 0 Å². The Morgan fingerprint density at radius 1 is 1.29 bits per heavy atom. The summed E-state index contributed by atoms with van der Waals surface area (Å²) >= 11 is 3.41. The average molecular weight is 262 g/mol. The summed E-state index contributed by atoms with van der Waals surface area (Å²) in [6.45, 7) is 0.993. The Labute approximate surface area is 109 Å². The molecule has 1 aliphatic rings. The van der Waals surface area contributed by atoms with Gasteiger partial charge in [0.25, 0.3) is 0 Å². The second-order valence-electron chi connectivity index (χ2n) is 4.20. The van der Waals surface area contributed by atoms with E-state index in [9.17, 15) is 0 Å². The molecule has 0 amide bonds. The highest BCUT2D eigenvalue weighted by molar-refractivity contribution is 8.01. The second-order valence-corrected chi connectivity index (χ2v) is 6.41. The van der Waals surface area contributed by atoms with Crippen LogP contribution < -0.4 is 5.32 Å². The Kier molecular flexibility index (Phi) is 3.45. The molecule has 2 aromatic rings. The van der Waals surface area contributed by atoms with Crippen molar-refractivity contribution in [3.63, 3.8) is 0 Å². The normalized spacial score (nSPS) is 15.1. The largest absolute Gasteiger partial charge is 0.310 e. The van der Waals surface area contributed by atoms with Crippen molar-refractivity contribution in [2.75, 3.05) is 0 Å². The summed E-state index contributed by atoms with van der Waals surface area (Å²) in [5.41, 5.74) is 1.36. The van der Waals surface area contributed by atoms with E-state index in [1.165, 1.54) is 23.3 Å². The van der Waals surface area contributed by atoms with Crippen molar-refractivity contribution in [2.45, 2.75) is 34.7 Å². The molecule has 1 heterocycles. The van der Waals surface area contributed by atoms with Gasteiger partial charge in [0.1, 0.15) is 0 Å². The molecular formula is C13H14N2S2. The molecule has 0 radical (unpaired) electrons. The Morgan fingerprint density at radius 3 is 2.76 bits per heavy atom. The van der Waals surface area contributed by atoms with Gasteiger partial charge in [0, 0.05) is 29.1 Å². The molecule has 2 nitrogen and oxygen atoms in total. The first kappa shape index (κ1) is 11.3. The SMILES string of the molecule is c1csc(Sc2ccc(CNC3CC3)cc2)n1. The van der Waals surface area contributed by atoms with Gasteiger partial charge < -0.3 is 5.32 Å². The van der Waals surface area contributed by atoms with Crippen LogP contribution in [0.3, 0.4) is 0 Å². The number of nitrogens with zero attached hydrogens (tertiary/aromatic N) is 1. The monoisotopic (exact) mass is 262 g/mol. The third-order valence-corrected chi connectivity index (χ3v) is 4.60. The minimum absolute atomic E-state index is 0.777. The van der Waals surface area contributed by atoms with E-state index in [4.69, 9.17) is 0 Å². The number of thiazole rings is 1. The van der Waals surface area contributed by atoms with Gasteiger partial charge in [-0.2, -0.15) is 0 Å². The lowest BCUT2D eigenvalue weighted by atomic mass is 10.2. The van der Waals surface area contributed by atoms with Crippen LogP contribution in [0.1, 0.15) is 18.4 Å². The molecule has 1 aliphatic carbocycles. The molecule has 0 aliphatic heterocycles. The molecule has 88 valence electrons. The van der Waals surface area contributed by atoms with E-state index in [0.717, 1.165) is 16.9 Å². The first-order valence-electron chi connectivity index (χ1n) is 5.80. The van der Waals surface area contributed by atoms with E-state index in [1.807, 2.05) is 11.6 Å². The number of nitrogens with one attached hydrogen (secondary N) is 1. The lowest BCUT2D eigenvalue weighted by Gasteiger charge is -2.04. The standard InChI is InChI=1S/C13H14N2S2/c1-5-12(17-13-14-7-8-16-13)6-2-10(1)9-15-11-3-4-11/h1-2,5-8,11,15H,3-4,9H2. The summed E-state index contributed by atoms with van der Waals surface area (Å²) in [6, 6.07) is 9.53. The van der Waals surface area contributed by atoms with Crippen LogP contribution in [0.25, 0.3) is 0 Å². The predicted octanol–water partition coefficient (Wildman–Crippen LogP) is 3.55. The van der Waals surface area contributed by atoms with Crippen molar-refractivity contribution >= 4 is 23.1 Å². The van der Waals surface area contributed by atoms with Crippen LogP contribution in [-0.2, 0) is 6.54 Å². The summed E-state index contributed by atoms with van der Waals surface area (Å²) in [5, 5.41) is 5.53. The molecule has 17 heavy (non-hydrogen) atoms. The lowest BCUT2D eigenvalue weighted by molar-refractivity contribution is 0.687. The van der Waals surface area contributed by atoms with Crippen molar-refractivity contribution in [1.82, 2.24) is 10.3 Å². The van der Waals surface area contributed by atoms with Crippen molar-refractivity contribution in [1.29, 1.82) is 0 Å². The minimum atomic E-state index is 0.777. The molecule has 1 N–H and O–H groups in total. The maximum atomic E-state index is 4.27. The van der Waals surface area contributed by atoms with Gasteiger partial charge >= 0.3 is 0 Å². The van der Waals surface area contributed by atoms with Crippen LogP contribution in [0.4, 0.5) is 0 Å². The number of hydrogen-bond acceptors (Lipinski definition) is 4. The molecule has 0 unspecified atom stereocenters. The van der Waals surface area contributed by atoms with Gasteiger partial charge in [-0.05, 0) is 30.5 Å². The van der Waals surface area contributed by atoms with Gasteiger partial charge in [-0.25, -0.2) is 4.98 Å². The van der Waals surface area contributed by atoms with E-state index < -0.39 is 0 Å². The van der Waals surface area contributed by atoms with Crippen LogP contribution in [0, 0.1) is 0 Å². The summed E-state index contributed by atoms with van der Waals surface area (Å²) in [7, 11) is 0. The predicted molar refractivity (Wildman–Crippen MR) is 72.5 cm³/mol. The van der Waals surface area contributed by atoms with Crippen LogP contribution in [0.2, 0.25) is 0 Å². The Hall–Kier alpha value is -0.840. The highest BCUT2D eigenvalue weighted by Crippen LogP contribution is 2.29. The topological polar surface area (TPSA) is 24.9 Å². The Morgan fingerprint density at radius 2 is 2.12 bits per heavy atom. The van der Waals surface area contributed by atoms with Crippen molar-refractivity contribution in [3.05, 3.63) is 41.4 Å². The fourth-order valence-electron chi connectivity index (χ4n) is 1.59. The highest BCUT2D eigenvalue weighted by atomic mass is 32.2. The zero-order valence-corrected chi connectivity index (χ0v) is 11.1. The van der Waals surface area contributed by atoms with Gasteiger partial charge in [-0.1, -0.05) is 23.9 Å². The zero-order chi connectivity index (χ0) is 11.5. The van der Waals surface area contributed by atoms with Crippen LogP contribution in [0.5, 0.6) is 0 Å². The molecular weight excluding hydrogens is 248 g/mol. The minimum Gasteiger partial charge on any atom is -0.310 e. The van der Waals surface area contributed by atoms with Crippen LogP contribution >= 0.6 is 23.1 Å². The molecule has 0 bridgehead atoms. The first-order chi connectivity index (χ1) is 8.40. The lowest BCUT2D eigenvalue weighted by Crippen LogP contribution is -2.14. The van der Waals surface area contributed by atoms with Gasteiger partial charge in [-0.3, -0.25) is 0 Å². The third kappa shape index (κ3) is 3.31. The summed E-state index contributed by atoms with van der Waals surface area (Å²) < 4.78 is 1.11. The zero-order valence-electron chi connectivity index (χ0n) is 9.43. The maximum absolute atomic E-state index is 4.27. The van der Waals surface area contributed by atoms with Crippen LogP contribution in [0.15, 0.2) is 45.1 Å². The molecule has 3 rings (SSSR count). The van der Waals surface area contributed by atoms with E-state index >= 15 is 0 Å². The Bertz CT molecular complexity index is 461. The summed E-state index contributed by atoms with van der Waals surface area (Å²) in [6.07, 6.45) is 4.54. The number of aromatic nitrogens is 1. The molecule has 1 aromatic heterocycles. The molecule has 1 saturated carbocycles. The van der Waals surface area contributed by atoms with Gasteiger partial charge in [-0.15, -0.1) is 11.3 Å². The van der Waals surface area contributed by atoms with Crippen molar-refractivity contribution < 1.29 is 0 Å². The molecule has 0 saturated heterocycles. The second kappa shape index (κ2) is 5.21. The van der Waals surface area contributed by atoms with Gasteiger partial charge in [0.15, 0.2) is 4.34 Å². The maximum Gasteiger partial charge on any atom is 0.154 e. The summed E-state index contributed by atoms with van der Waals surface area (Å²) in [4.78, 5) is 5.53. The van der Waals surface area contributed by atoms with E-state index in [1.54, 1.807) is 23.1 Å². The molecule has 4 heteroatoms. The van der Waals surface area contributed by atoms with E-state index in [2.05, 4.69) is 34.6 Å². The Balaban J connectivity index is 1.58. The van der Waals surface area contributed by atoms with Crippen molar-refractivity contribution in [2.24, 2.45) is 0 Å². The third-order valence-electron chi connectivity index (χ3n) is 2.71.